The average molecular weight is 612 g/mol. The Balaban J connectivity index is 1.62. The molecule has 0 spiro atoms. The Morgan fingerprint density at radius 1 is 1.10 bits per heavy atom. The number of rotatable bonds is 12. The molecular weight excluding hydrogens is 577 g/mol. The molecule has 2 heterocycles. The van der Waals surface area contributed by atoms with E-state index in [1.807, 2.05) is 74.4 Å². The molecule has 2 aromatic heterocycles. The highest BCUT2D eigenvalue weighted by Crippen LogP contribution is 2.36. The maximum absolute atomic E-state index is 13.7. The summed E-state index contributed by atoms with van der Waals surface area (Å²) in [6, 6.07) is 15.4. The van der Waals surface area contributed by atoms with Gasteiger partial charge in [-0.1, -0.05) is 74.1 Å². The molecule has 12 nitrogen and oxygen atoms in total. The Hall–Kier alpha value is -3.61. The van der Waals surface area contributed by atoms with Crippen LogP contribution in [0.1, 0.15) is 42.4 Å². The zero-order valence-electron chi connectivity index (χ0n) is 24.0. The van der Waals surface area contributed by atoms with Crippen LogP contribution in [-0.4, -0.2) is 63.5 Å². The molecule has 0 fully saturated rings. The van der Waals surface area contributed by atoms with Crippen LogP contribution in [-0.2, 0) is 35.2 Å². The minimum atomic E-state index is -4.67. The largest absolute Gasteiger partial charge is 0.471 e. The molecule has 0 aliphatic rings. The van der Waals surface area contributed by atoms with Gasteiger partial charge in [-0.05, 0) is 35.2 Å². The van der Waals surface area contributed by atoms with Gasteiger partial charge in [-0.2, -0.15) is 0 Å². The van der Waals surface area contributed by atoms with Crippen molar-refractivity contribution < 1.29 is 18.9 Å². The lowest BCUT2D eigenvalue weighted by molar-refractivity contribution is 0.134. The zero-order valence-corrected chi connectivity index (χ0v) is 25.7. The molecule has 222 valence electrons. The molecule has 0 atom stereocenters. The number of aryl methyl sites for hydroxylation is 2. The molecule has 42 heavy (non-hydrogen) atoms. The van der Waals surface area contributed by atoms with E-state index >= 15 is 0 Å². The Morgan fingerprint density at radius 2 is 1.79 bits per heavy atom. The van der Waals surface area contributed by atoms with E-state index in [0.29, 0.717) is 35.5 Å². The molecule has 2 N–H and O–H groups in total. The monoisotopic (exact) mass is 611 g/mol. The summed E-state index contributed by atoms with van der Waals surface area (Å²) in [7, 11) is -0.925. The summed E-state index contributed by atoms with van der Waals surface area (Å²) >= 11 is 5.49. The van der Waals surface area contributed by atoms with E-state index in [9.17, 15) is 9.36 Å². The molecule has 0 saturated carbocycles. The van der Waals surface area contributed by atoms with Crippen molar-refractivity contribution in [2.45, 2.75) is 52.8 Å². The van der Waals surface area contributed by atoms with Crippen LogP contribution in [0.3, 0.4) is 0 Å². The van der Waals surface area contributed by atoms with E-state index in [1.54, 1.807) is 4.57 Å². The lowest BCUT2D eigenvalue weighted by Crippen LogP contribution is -2.33. The van der Waals surface area contributed by atoms with Crippen LogP contribution in [0.5, 0.6) is 0 Å². The molecule has 4 aromatic rings. The van der Waals surface area contributed by atoms with E-state index in [0.717, 1.165) is 45.8 Å². The van der Waals surface area contributed by atoms with Crippen LogP contribution in [0.15, 0.2) is 53.3 Å². The van der Waals surface area contributed by atoms with Gasteiger partial charge in [0.25, 0.3) is 5.56 Å². The van der Waals surface area contributed by atoms with Crippen LogP contribution in [0.4, 0.5) is 0 Å². The van der Waals surface area contributed by atoms with Gasteiger partial charge in [-0.3, -0.25) is 13.9 Å². The highest BCUT2D eigenvalue weighted by Gasteiger charge is 2.18. The zero-order chi connectivity index (χ0) is 30.4. The van der Waals surface area contributed by atoms with E-state index in [1.165, 1.54) is 0 Å². The summed E-state index contributed by atoms with van der Waals surface area (Å²) in [6.07, 6.45) is 3.01. The quantitative estimate of drug-likeness (QED) is 0.178. The van der Waals surface area contributed by atoms with Gasteiger partial charge in [-0.15, -0.1) is 15.0 Å². The number of phosphoric ester groups is 1. The van der Waals surface area contributed by atoms with Gasteiger partial charge in [0.05, 0.1) is 11.5 Å². The van der Waals surface area contributed by atoms with Crippen LogP contribution in [0.25, 0.3) is 22.5 Å². The molecule has 0 radical (unpaired) electrons. The second kappa shape index (κ2) is 13.6. The Kier molecular flexibility index (Phi) is 10.1. The molecule has 0 bridgehead atoms. The first-order valence-electron chi connectivity index (χ1n) is 13.4. The molecular formula is C28H34N7O5PS. The average Bonchev–Trinajstić information content (AvgIpc) is 3.44. The summed E-state index contributed by atoms with van der Waals surface area (Å²) in [5, 5.41) is 12.1. The first kappa shape index (κ1) is 31.3. The number of aromatic nitrogens is 6. The first-order valence-corrected chi connectivity index (χ1v) is 15.4. The molecule has 0 aliphatic heterocycles. The van der Waals surface area contributed by atoms with Crippen LogP contribution in [0, 0.1) is 6.92 Å². The Bertz CT molecular complexity index is 1660. The van der Waals surface area contributed by atoms with E-state index in [-0.39, 0.29) is 11.4 Å². The van der Waals surface area contributed by atoms with E-state index < -0.39 is 14.6 Å². The number of likely N-dealkylation sites (N-methyl/N-ethyl adjacent to an activating group) is 1. The van der Waals surface area contributed by atoms with Crippen LogP contribution < -0.4 is 5.56 Å². The van der Waals surface area contributed by atoms with Gasteiger partial charge < -0.3 is 14.7 Å². The van der Waals surface area contributed by atoms with Crippen LogP contribution >= 0.6 is 20.0 Å². The van der Waals surface area contributed by atoms with Gasteiger partial charge >= 0.3 is 7.82 Å². The normalized spacial score (nSPS) is 11.6. The van der Waals surface area contributed by atoms with Crippen molar-refractivity contribution in [1.82, 2.24) is 34.7 Å². The van der Waals surface area contributed by atoms with Crippen molar-refractivity contribution in [2.24, 2.45) is 0 Å². The fourth-order valence-electron chi connectivity index (χ4n) is 4.39. The van der Waals surface area contributed by atoms with E-state index in [4.69, 9.17) is 27.0 Å². The molecule has 2 aromatic carbocycles. The second-order valence-electron chi connectivity index (χ2n) is 10.0. The highest BCUT2D eigenvalue weighted by atomic mass is 32.1. The first-order chi connectivity index (χ1) is 20.0. The molecule has 0 saturated heterocycles. The van der Waals surface area contributed by atoms with Crippen molar-refractivity contribution in [2.75, 3.05) is 14.1 Å². The predicted octanol–water partition coefficient (Wildman–Crippen LogP) is 3.76. The van der Waals surface area contributed by atoms with Crippen LogP contribution in [0.2, 0.25) is 0 Å². The summed E-state index contributed by atoms with van der Waals surface area (Å²) in [5.74, 6) is 1.05. The van der Waals surface area contributed by atoms with Gasteiger partial charge in [0.2, 0.25) is 5.82 Å². The van der Waals surface area contributed by atoms with Crippen molar-refractivity contribution in [3.8, 4) is 22.5 Å². The summed E-state index contributed by atoms with van der Waals surface area (Å²) in [6.45, 7) is 3.83. The Morgan fingerprint density at radius 3 is 2.43 bits per heavy atom. The number of benzene rings is 2. The maximum Gasteiger partial charge on any atom is 0.471 e. The number of nitrogens with zero attached hydrogens (tertiary/aromatic N) is 7. The molecule has 0 amide bonds. The third-order valence-corrected chi connectivity index (χ3v) is 7.66. The van der Waals surface area contributed by atoms with Crippen molar-refractivity contribution in [3.05, 3.63) is 81.5 Å². The molecule has 0 unspecified atom stereocenters. The Labute approximate surface area is 249 Å². The number of hydrogen-bond acceptors (Lipinski definition) is 8. The number of phosphoric acid groups is 1. The summed E-state index contributed by atoms with van der Waals surface area (Å²) in [4.78, 5) is 39.9. The third kappa shape index (κ3) is 7.81. The van der Waals surface area contributed by atoms with Crippen molar-refractivity contribution in [3.63, 3.8) is 0 Å². The fraction of sp³-hybridized carbons (Fsp3) is 0.357. The van der Waals surface area contributed by atoms with Gasteiger partial charge in [0, 0.05) is 43.8 Å². The molecule has 4 rings (SSSR count). The number of unbranched alkanes of at least 4 members (excludes halogenated alkanes) is 1. The lowest BCUT2D eigenvalue weighted by Gasteiger charge is -2.18. The van der Waals surface area contributed by atoms with Crippen molar-refractivity contribution in [1.29, 1.82) is 0 Å². The predicted molar refractivity (Wildman–Crippen MR) is 163 cm³/mol. The maximum atomic E-state index is 13.7. The summed E-state index contributed by atoms with van der Waals surface area (Å²) < 4.78 is 17.2. The van der Waals surface area contributed by atoms with Gasteiger partial charge in [0.1, 0.15) is 5.82 Å². The highest BCUT2D eigenvalue weighted by molar-refractivity contribution is 7.80. The van der Waals surface area contributed by atoms with Gasteiger partial charge in [0.15, 0.2) is 6.73 Å². The summed E-state index contributed by atoms with van der Waals surface area (Å²) in [5.41, 5.74) is 4.65. The third-order valence-electron chi connectivity index (χ3n) is 6.70. The smallest absolute Gasteiger partial charge is 0.372 e. The topological polar surface area (TPSA) is 148 Å². The number of tetrazole rings is 1. The molecule has 14 heteroatoms. The second-order valence-corrected chi connectivity index (χ2v) is 11.7. The van der Waals surface area contributed by atoms with E-state index in [2.05, 4.69) is 26.9 Å². The molecule has 0 aliphatic carbocycles. The SMILES string of the molecule is CCCCc1nc(C)c(CC(=S)N(C)C)c(=O)n1Cc1ccc(-c2ccccc2-c2nnn(COP(=O)(O)O)n2)cc1. The fourth-order valence-corrected chi connectivity index (χ4v) is 4.79. The minimum absolute atomic E-state index is 0.0656. The van der Waals surface area contributed by atoms with Crippen molar-refractivity contribution >= 4 is 25.0 Å². The number of hydrogen-bond donors (Lipinski definition) is 2. The minimum Gasteiger partial charge on any atom is -0.372 e. The number of thiocarbonyl (C=S) groups is 1. The standard InChI is InChI=1S/C28H34N7O5PS/c1-5-6-11-25-29-19(2)24(16-26(42)33(3)4)28(36)34(25)17-20-12-14-21(15-13-20)22-9-7-8-10-23(22)27-30-32-35(31-27)18-40-41(37,38)39/h7-10,12-15H,5-6,11,16-18H2,1-4H3,(H2,37,38,39). The lowest BCUT2D eigenvalue weighted by atomic mass is 9.98. The van der Waals surface area contributed by atoms with Gasteiger partial charge in [-0.25, -0.2) is 9.55 Å².